The van der Waals surface area contributed by atoms with Gasteiger partial charge in [0.25, 0.3) is 0 Å². The molecule has 6 nitrogen and oxygen atoms in total. The van der Waals surface area contributed by atoms with Crippen molar-refractivity contribution in [2.45, 2.75) is 4.90 Å². The van der Waals surface area contributed by atoms with Crippen molar-refractivity contribution in [3.8, 4) is 0 Å². The molecule has 20 heavy (non-hydrogen) atoms. The summed E-state index contributed by atoms with van der Waals surface area (Å²) >= 11 is 2.89. The zero-order valence-electron chi connectivity index (χ0n) is 11.9. The van der Waals surface area contributed by atoms with Gasteiger partial charge in [0.2, 0.25) is 0 Å². The first kappa shape index (κ1) is 15.4. The number of piperazine rings is 1. The minimum absolute atomic E-state index is 0.380. The van der Waals surface area contributed by atoms with E-state index in [1.807, 2.05) is 6.26 Å². The van der Waals surface area contributed by atoms with E-state index in [2.05, 4.69) is 22.4 Å². The minimum Gasteiger partial charge on any atom is -0.465 e. The number of rotatable bonds is 4. The summed E-state index contributed by atoms with van der Waals surface area (Å²) in [5.74, 6) is -0.380. The van der Waals surface area contributed by atoms with Crippen LogP contribution in [0.15, 0.2) is 4.90 Å². The topological polar surface area (TPSA) is 70.8 Å². The number of nitrogens with one attached hydrogen (secondary N) is 1. The zero-order valence-corrected chi connectivity index (χ0v) is 13.6. The first-order valence-electron chi connectivity index (χ1n) is 6.31. The summed E-state index contributed by atoms with van der Waals surface area (Å²) in [5, 5.41) is 3.08. The molecule has 0 radical (unpaired) electrons. The molecule has 0 saturated carbocycles. The Morgan fingerprint density at radius 3 is 2.60 bits per heavy atom. The van der Waals surface area contributed by atoms with E-state index >= 15 is 0 Å². The Bertz CT molecular complexity index is 484. The van der Waals surface area contributed by atoms with Crippen LogP contribution in [0.3, 0.4) is 0 Å². The lowest BCUT2D eigenvalue weighted by Crippen LogP contribution is -2.46. The fraction of sp³-hybridized carbons (Fsp3) is 0.583. The van der Waals surface area contributed by atoms with Crippen molar-refractivity contribution in [1.29, 1.82) is 0 Å². The molecule has 2 heterocycles. The van der Waals surface area contributed by atoms with Crippen molar-refractivity contribution in [3.63, 3.8) is 0 Å². The number of carbonyl (C=O) groups excluding carboxylic acids is 1. The first-order valence-corrected chi connectivity index (χ1v) is 8.35. The summed E-state index contributed by atoms with van der Waals surface area (Å²) in [6, 6.07) is 0. The molecule has 0 aromatic carbocycles. The Morgan fingerprint density at radius 2 is 2.05 bits per heavy atom. The Morgan fingerprint density at radius 1 is 1.40 bits per heavy atom. The molecule has 112 valence electrons. The standard InChI is InChI=1S/C12H20N4O2S2/c1-15-4-6-16(7-5-15)14-11-9(19-3)8(13)10(20-11)12(17)18-2/h14H,4-7,13H2,1-3H3. The minimum atomic E-state index is -0.380. The van der Waals surface area contributed by atoms with Gasteiger partial charge in [-0.05, 0) is 13.3 Å². The summed E-state index contributed by atoms with van der Waals surface area (Å²) in [4.78, 5) is 15.4. The molecule has 0 amide bonds. The van der Waals surface area contributed by atoms with Gasteiger partial charge in [0.05, 0.1) is 17.7 Å². The molecule has 2 rings (SSSR count). The van der Waals surface area contributed by atoms with E-state index in [1.54, 1.807) is 0 Å². The number of likely N-dealkylation sites (N-methyl/N-ethyl adjacent to an activating group) is 1. The predicted octanol–water partition coefficient (Wildman–Crippen LogP) is 1.41. The number of methoxy groups -OCH3 is 1. The highest BCUT2D eigenvalue weighted by Crippen LogP contribution is 2.42. The Labute approximate surface area is 127 Å². The van der Waals surface area contributed by atoms with Crippen molar-refractivity contribution in [2.24, 2.45) is 0 Å². The molecule has 8 heteroatoms. The van der Waals surface area contributed by atoms with Crippen molar-refractivity contribution in [3.05, 3.63) is 4.88 Å². The summed E-state index contributed by atoms with van der Waals surface area (Å²) in [7, 11) is 3.48. The lowest BCUT2D eigenvalue weighted by atomic mass is 10.4. The molecule has 1 aromatic rings. The van der Waals surface area contributed by atoms with E-state index in [1.165, 1.54) is 30.2 Å². The van der Waals surface area contributed by atoms with Crippen molar-refractivity contribution in [2.75, 3.05) is 57.8 Å². The molecule has 3 N–H and O–H groups in total. The van der Waals surface area contributed by atoms with Gasteiger partial charge < -0.3 is 20.8 Å². The van der Waals surface area contributed by atoms with Gasteiger partial charge in [-0.1, -0.05) is 0 Å². The third-order valence-corrected chi connectivity index (χ3v) is 5.29. The average molecular weight is 316 g/mol. The van der Waals surface area contributed by atoms with Crippen LogP contribution >= 0.6 is 23.1 Å². The average Bonchev–Trinajstić information content (AvgIpc) is 2.76. The summed E-state index contributed by atoms with van der Waals surface area (Å²) in [6.45, 7) is 3.92. The van der Waals surface area contributed by atoms with E-state index in [-0.39, 0.29) is 5.97 Å². The number of anilines is 2. The van der Waals surface area contributed by atoms with Crippen LogP contribution in [-0.4, -0.2) is 62.5 Å². The molecule has 1 saturated heterocycles. The molecule has 0 aliphatic carbocycles. The quantitative estimate of drug-likeness (QED) is 0.643. The van der Waals surface area contributed by atoms with Crippen LogP contribution in [0.25, 0.3) is 0 Å². The molecular formula is C12H20N4O2S2. The maximum Gasteiger partial charge on any atom is 0.350 e. The molecule has 1 aromatic heterocycles. The van der Waals surface area contributed by atoms with Crippen molar-refractivity contribution >= 4 is 39.8 Å². The molecule has 1 fully saturated rings. The number of carbonyl (C=O) groups is 1. The highest BCUT2D eigenvalue weighted by molar-refractivity contribution is 7.99. The number of hydrogen-bond acceptors (Lipinski definition) is 8. The number of thiophene rings is 1. The number of hydrogen-bond donors (Lipinski definition) is 2. The van der Waals surface area contributed by atoms with Gasteiger partial charge in [0, 0.05) is 26.2 Å². The van der Waals surface area contributed by atoms with E-state index in [9.17, 15) is 4.79 Å². The normalized spacial score (nSPS) is 17.1. The number of thioether (sulfide) groups is 1. The SMILES string of the molecule is COC(=O)c1sc(NN2CCN(C)CC2)c(SC)c1N. The van der Waals surface area contributed by atoms with Gasteiger partial charge in [-0.25, -0.2) is 9.80 Å². The second-order valence-corrected chi connectivity index (χ2v) is 6.44. The lowest BCUT2D eigenvalue weighted by molar-refractivity contribution is 0.0607. The molecular weight excluding hydrogens is 296 g/mol. The van der Waals surface area contributed by atoms with Gasteiger partial charge in [-0.2, -0.15) is 0 Å². The maximum absolute atomic E-state index is 11.7. The van der Waals surface area contributed by atoms with Crippen LogP contribution < -0.4 is 11.2 Å². The van der Waals surface area contributed by atoms with Crippen LogP contribution in [0.2, 0.25) is 0 Å². The van der Waals surface area contributed by atoms with E-state index in [0.29, 0.717) is 10.6 Å². The lowest BCUT2D eigenvalue weighted by Gasteiger charge is -2.32. The highest BCUT2D eigenvalue weighted by atomic mass is 32.2. The van der Waals surface area contributed by atoms with Crippen LogP contribution in [0.1, 0.15) is 9.67 Å². The van der Waals surface area contributed by atoms with Gasteiger partial charge in [-0.15, -0.1) is 23.1 Å². The molecule has 1 aliphatic heterocycles. The number of ether oxygens (including phenoxy) is 1. The maximum atomic E-state index is 11.7. The number of esters is 1. The highest BCUT2D eigenvalue weighted by Gasteiger charge is 2.23. The van der Waals surface area contributed by atoms with Crippen molar-refractivity contribution < 1.29 is 9.53 Å². The van der Waals surface area contributed by atoms with Gasteiger partial charge in [0.1, 0.15) is 9.88 Å². The molecule has 0 unspecified atom stereocenters. The Kier molecular flexibility index (Phi) is 5.14. The summed E-state index contributed by atoms with van der Waals surface area (Å²) in [6.07, 6.45) is 1.95. The number of nitrogens with two attached hydrogens (primary N) is 1. The first-order chi connectivity index (χ1) is 9.56. The van der Waals surface area contributed by atoms with Crippen LogP contribution in [-0.2, 0) is 4.74 Å². The zero-order chi connectivity index (χ0) is 14.7. The molecule has 0 bridgehead atoms. The van der Waals surface area contributed by atoms with Crippen molar-refractivity contribution in [1.82, 2.24) is 9.91 Å². The van der Waals surface area contributed by atoms with E-state index in [4.69, 9.17) is 10.5 Å². The van der Waals surface area contributed by atoms with Gasteiger partial charge in [0.15, 0.2) is 0 Å². The molecule has 0 atom stereocenters. The smallest absolute Gasteiger partial charge is 0.350 e. The van der Waals surface area contributed by atoms with Crippen LogP contribution in [0.5, 0.6) is 0 Å². The predicted molar refractivity (Wildman–Crippen MR) is 84.5 cm³/mol. The second kappa shape index (κ2) is 6.66. The second-order valence-electron chi connectivity index (χ2n) is 4.60. The molecule has 0 spiro atoms. The van der Waals surface area contributed by atoms with E-state index in [0.717, 1.165) is 36.1 Å². The van der Waals surface area contributed by atoms with E-state index < -0.39 is 0 Å². The molecule has 1 aliphatic rings. The summed E-state index contributed by atoms with van der Waals surface area (Å²) in [5.41, 5.74) is 9.92. The summed E-state index contributed by atoms with van der Waals surface area (Å²) < 4.78 is 4.77. The number of nitrogens with zero attached hydrogens (tertiary/aromatic N) is 2. The fourth-order valence-electron chi connectivity index (χ4n) is 2.01. The van der Waals surface area contributed by atoms with Crippen LogP contribution in [0.4, 0.5) is 10.7 Å². The number of nitrogen functional groups attached to an aromatic ring is 1. The Hall–Kier alpha value is -0.960. The third-order valence-electron chi connectivity index (χ3n) is 3.24. The van der Waals surface area contributed by atoms with Gasteiger partial charge >= 0.3 is 5.97 Å². The van der Waals surface area contributed by atoms with Crippen LogP contribution in [0, 0.1) is 0 Å². The largest absolute Gasteiger partial charge is 0.465 e. The Balaban J connectivity index is 2.16. The van der Waals surface area contributed by atoms with Gasteiger partial charge in [-0.3, -0.25) is 0 Å². The number of hydrazine groups is 1. The third kappa shape index (κ3) is 3.20. The monoisotopic (exact) mass is 316 g/mol. The fourth-order valence-corrected chi connectivity index (χ4v) is 3.96.